The Hall–Kier alpha value is -2.86. The fourth-order valence-corrected chi connectivity index (χ4v) is 4.64. The summed E-state index contributed by atoms with van der Waals surface area (Å²) in [5, 5.41) is 2.86. The first-order valence-corrected chi connectivity index (χ1v) is 18.8. The van der Waals surface area contributed by atoms with Gasteiger partial charge in [-0.2, -0.15) is 13.2 Å². The Morgan fingerprint density at radius 3 is 1.41 bits per heavy atom. The maximum Gasteiger partial charge on any atom is 0.416 e. The van der Waals surface area contributed by atoms with Crippen LogP contribution in [0.15, 0.2) is 48.5 Å². The van der Waals surface area contributed by atoms with Crippen LogP contribution in [0.1, 0.15) is 54.9 Å². The molecule has 12 nitrogen and oxygen atoms in total. The number of para-hydroxylation sites is 1. The van der Waals surface area contributed by atoms with Gasteiger partial charge >= 0.3 is 12.1 Å². The van der Waals surface area contributed by atoms with Gasteiger partial charge in [0, 0.05) is 12.3 Å². The monoisotopic (exact) mass is 775 g/mol. The van der Waals surface area contributed by atoms with E-state index in [1.54, 1.807) is 18.2 Å². The topological polar surface area (TPSA) is 121 Å². The highest BCUT2D eigenvalue weighted by atomic mass is 19.4. The van der Waals surface area contributed by atoms with E-state index in [2.05, 4.69) is 12.2 Å². The normalized spacial score (nSPS) is 11.6. The van der Waals surface area contributed by atoms with Gasteiger partial charge in [0.25, 0.3) is 0 Å². The summed E-state index contributed by atoms with van der Waals surface area (Å²) in [6.45, 7) is 10.7. The van der Waals surface area contributed by atoms with Crippen molar-refractivity contribution in [3.8, 4) is 0 Å². The third-order valence-corrected chi connectivity index (χ3v) is 7.45. The molecule has 0 saturated carbocycles. The van der Waals surface area contributed by atoms with E-state index >= 15 is 0 Å². The predicted octanol–water partition coefficient (Wildman–Crippen LogP) is 6.73. The van der Waals surface area contributed by atoms with Gasteiger partial charge in [0.05, 0.1) is 129 Å². The zero-order chi connectivity index (χ0) is 38.8. The molecule has 0 heterocycles. The lowest BCUT2D eigenvalue weighted by molar-refractivity contribution is -0.137. The fraction of sp³-hybridized carbons (Fsp3) is 0.667. The number of carbonyl (C=O) groups excluding carboxylic acids is 1. The Morgan fingerprint density at radius 2 is 0.944 bits per heavy atom. The van der Waals surface area contributed by atoms with Crippen molar-refractivity contribution in [2.75, 3.05) is 131 Å². The SMILES string of the molecule is CCCCCCCOCCOCCOCCOCCOCCOCCOCCOCCOCCOC(=O)c1ccccc1Nc1cccc(C(F)(F)F)c1. The van der Waals surface area contributed by atoms with E-state index in [4.69, 9.17) is 47.4 Å². The van der Waals surface area contributed by atoms with E-state index < -0.39 is 17.7 Å². The molecule has 2 aromatic rings. The zero-order valence-electron chi connectivity index (χ0n) is 31.7. The van der Waals surface area contributed by atoms with Crippen molar-refractivity contribution in [3.63, 3.8) is 0 Å². The lowest BCUT2D eigenvalue weighted by Crippen LogP contribution is -2.16. The van der Waals surface area contributed by atoms with E-state index in [0.29, 0.717) is 111 Å². The molecular weight excluding hydrogens is 715 g/mol. The van der Waals surface area contributed by atoms with Crippen molar-refractivity contribution in [3.05, 3.63) is 59.7 Å². The highest BCUT2D eigenvalue weighted by Gasteiger charge is 2.30. The van der Waals surface area contributed by atoms with Gasteiger partial charge in [-0.05, 0) is 36.8 Å². The minimum atomic E-state index is -4.48. The molecule has 0 aliphatic heterocycles. The number of unbranched alkanes of at least 4 members (excludes halogenated alkanes) is 4. The van der Waals surface area contributed by atoms with Crippen LogP contribution < -0.4 is 5.32 Å². The first-order valence-electron chi connectivity index (χ1n) is 18.8. The number of anilines is 2. The summed E-state index contributed by atoms with van der Waals surface area (Å²) in [4.78, 5) is 12.6. The number of nitrogens with one attached hydrogen (secondary N) is 1. The Bertz CT molecular complexity index is 1190. The zero-order valence-corrected chi connectivity index (χ0v) is 31.7. The van der Waals surface area contributed by atoms with Crippen molar-refractivity contribution < 1.29 is 65.3 Å². The second-order valence-electron chi connectivity index (χ2n) is 11.8. The maximum absolute atomic E-state index is 13.0. The molecule has 0 aliphatic carbocycles. The Kier molecular flexibility index (Phi) is 28.4. The second kappa shape index (κ2) is 32.4. The van der Waals surface area contributed by atoms with Crippen LogP contribution in [0, 0.1) is 0 Å². The number of halogens is 3. The molecular formula is C39H60F3NO11. The molecule has 0 amide bonds. The van der Waals surface area contributed by atoms with Crippen LogP contribution in [0.25, 0.3) is 0 Å². The van der Waals surface area contributed by atoms with Crippen LogP contribution in [0.4, 0.5) is 24.5 Å². The number of ether oxygens (including phenoxy) is 10. The standard InChI is InChI=1S/C39H60F3NO11/c1-2-3-4-5-8-14-45-15-16-46-17-18-47-19-20-48-21-22-49-23-24-50-25-26-51-27-28-52-29-30-53-31-32-54-38(44)36-12-6-7-13-37(36)43-35-11-9-10-34(33-35)39(40,41)42/h6-7,9-13,33,43H,2-5,8,14-32H2,1H3. The van der Waals surface area contributed by atoms with Crippen LogP contribution in [-0.2, 0) is 53.5 Å². The molecule has 0 radical (unpaired) electrons. The summed E-state index contributed by atoms with van der Waals surface area (Å²) in [6.07, 6.45) is 1.72. The van der Waals surface area contributed by atoms with E-state index in [-0.39, 0.29) is 24.5 Å². The number of carbonyl (C=O) groups is 1. The molecule has 0 atom stereocenters. The molecule has 0 bridgehead atoms. The number of hydrogen-bond donors (Lipinski definition) is 1. The molecule has 0 aromatic heterocycles. The van der Waals surface area contributed by atoms with Crippen LogP contribution in [-0.4, -0.2) is 132 Å². The van der Waals surface area contributed by atoms with Crippen LogP contribution in [0.5, 0.6) is 0 Å². The van der Waals surface area contributed by atoms with Gasteiger partial charge in [-0.3, -0.25) is 0 Å². The van der Waals surface area contributed by atoms with Crippen molar-refractivity contribution >= 4 is 17.3 Å². The van der Waals surface area contributed by atoms with Crippen molar-refractivity contribution in [1.29, 1.82) is 0 Å². The molecule has 0 fully saturated rings. The quantitative estimate of drug-likeness (QED) is 0.0584. The van der Waals surface area contributed by atoms with Crippen LogP contribution in [0.2, 0.25) is 0 Å². The van der Waals surface area contributed by atoms with E-state index in [0.717, 1.165) is 25.2 Å². The lowest BCUT2D eigenvalue weighted by atomic mass is 10.1. The average molecular weight is 776 g/mol. The number of esters is 1. The van der Waals surface area contributed by atoms with Gasteiger partial charge in [-0.25, -0.2) is 4.79 Å². The second-order valence-corrected chi connectivity index (χ2v) is 11.8. The molecule has 2 rings (SSSR count). The summed E-state index contributed by atoms with van der Waals surface area (Å²) in [7, 11) is 0. The lowest BCUT2D eigenvalue weighted by Gasteiger charge is -2.13. The van der Waals surface area contributed by atoms with E-state index in [9.17, 15) is 18.0 Å². The van der Waals surface area contributed by atoms with E-state index in [1.807, 2.05) is 0 Å². The molecule has 0 saturated heterocycles. The van der Waals surface area contributed by atoms with Crippen molar-refractivity contribution in [1.82, 2.24) is 0 Å². The average Bonchev–Trinajstić information content (AvgIpc) is 3.16. The molecule has 308 valence electrons. The largest absolute Gasteiger partial charge is 0.460 e. The minimum Gasteiger partial charge on any atom is -0.460 e. The molecule has 2 aromatic carbocycles. The molecule has 0 unspecified atom stereocenters. The van der Waals surface area contributed by atoms with Gasteiger partial charge < -0.3 is 52.7 Å². The minimum absolute atomic E-state index is 0.00137. The molecule has 0 aliphatic rings. The molecule has 54 heavy (non-hydrogen) atoms. The summed E-state index contributed by atoms with van der Waals surface area (Å²) in [5.41, 5.74) is -0.0815. The van der Waals surface area contributed by atoms with Crippen molar-refractivity contribution in [2.45, 2.75) is 45.2 Å². The Balaban J connectivity index is 1.29. The van der Waals surface area contributed by atoms with Crippen LogP contribution >= 0.6 is 0 Å². The van der Waals surface area contributed by atoms with Gasteiger partial charge in [-0.15, -0.1) is 0 Å². The maximum atomic E-state index is 13.0. The third-order valence-electron chi connectivity index (χ3n) is 7.45. The summed E-state index contributed by atoms with van der Waals surface area (Å²) >= 11 is 0. The highest BCUT2D eigenvalue weighted by Crippen LogP contribution is 2.32. The summed E-state index contributed by atoms with van der Waals surface area (Å²) in [6, 6.07) is 11.2. The number of alkyl halides is 3. The number of hydrogen-bond acceptors (Lipinski definition) is 12. The van der Waals surface area contributed by atoms with Crippen molar-refractivity contribution in [2.24, 2.45) is 0 Å². The van der Waals surface area contributed by atoms with Gasteiger partial charge in [-0.1, -0.05) is 50.8 Å². The predicted molar refractivity (Wildman–Crippen MR) is 198 cm³/mol. The van der Waals surface area contributed by atoms with Gasteiger partial charge in [0.1, 0.15) is 6.61 Å². The Morgan fingerprint density at radius 1 is 0.519 bits per heavy atom. The number of benzene rings is 2. The molecule has 1 N–H and O–H groups in total. The fourth-order valence-electron chi connectivity index (χ4n) is 4.64. The van der Waals surface area contributed by atoms with Gasteiger partial charge in [0.15, 0.2) is 0 Å². The first-order chi connectivity index (χ1) is 26.4. The van der Waals surface area contributed by atoms with Gasteiger partial charge in [0.2, 0.25) is 0 Å². The Labute approximate surface area is 318 Å². The van der Waals surface area contributed by atoms with E-state index in [1.165, 1.54) is 43.9 Å². The summed E-state index contributed by atoms with van der Waals surface area (Å²) < 4.78 is 93.8. The molecule has 0 spiro atoms. The molecule has 15 heteroatoms. The summed E-state index contributed by atoms with van der Waals surface area (Å²) in [5.74, 6) is -0.626. The smallest absolute Gasteiger partial charge is 0.416 e. The first kappa shape index (κ1) is 47.3. The third kappa shape index (κ3) is 25.3. The highest BCUT2D eigenvalue weighted by molar-refractivity contribution is 5.96. The van der Waals surface area contributed by atoms with Crippen LogP contribution in [0.3, 0.4) is 0 Å². The number of rotatable bonds is 36.